The number of hydrogen-bond donors (Lipinski definition) is 1. The van der Waals surface area contributed by atoms with Crippen LogP contribution >= 0.6 is 0 Å². The van der Waals surface area contributed by atoms with Gasteiger partial charge in [0.15, 0.2) is 0 Å². The first-order chi connectivity index (χ1) is 9.62. The van der Waals surface area contributed by atoms with Crippen molar-refractivity contribution in [3.05, 3.63) is 35.4 Å². The van der Waals surface area contributed by atoms with Gasteiger partial charge in [-0.2, -0.15) is 13.2 Å². The summed E-state index contributed by atoms with van der Waals surface area (Å²) in [6, 6.07) is 5.12. The van der Waals surface area contributed by atoms with Crippen LogP contribution in [0.1, 0.15) is 38.8 Å². The number of alkyl halides is 3. The Balaban J connectivity index is 2.81. The largest absolute Gasteiger partial charge is 0.416 e. The third-order valence-electron chi connectivity index (χ3n) is 4.22. The molecule has 0 radical (unpaired) electrons. The first kappa shape index (κ1) is 18.0. The van der Waals surface area contributed by atoms with Crippen LogP contribution in [0.25, 0.3) is 0 Å². The number of hydrogen-bond acceptors (Lipinski definition) is 2. The maximum Gasteiger partial charge on any atom is 0.416 e. The third kappa shape index (κ3) is 4.45. The molecule has 1 aromatic carbocycles. The number of rotatable bonds is 6. The van der Waals surface area contributed by atoms with Crippen molar-refractivity contribution in [2.24, 2.45) is 5.73 Å². The van der Waals surface area contributed by atoms with Gasteiger partial charge in [-0.05, 0) is 51.1 Å². The molecule has 2 N–H and O–H groups in total. The summed E-state index contributed by atoms with van der Waals surface area (Å²) in [4.78, 5) is 2.27. The van der Waals surface area contributed by atoms with E-state index in [1.54, 1.807) is 0 Å². The van der Waals surface area contributed by atoms with Crippen LogP contribution in [0.15, 0.2) is 24.3 Å². The zero-order valence-corrected chi connectivity index (χ0v) is 13.2. The van der Waals surface area contributed by atoms with E-state index in [1.807, 2.05) is 0 Å². The fraction of sp³-hybridized carbons (Fsp3) is 0.625. The minimum atomic E-state index is -4.29. The molecule has 0 amide bonds. The Bertz CT molecular complexity index is 434. The summed E-state index contributed by atoms with van der Waals surface area (Å²) in [6.07, 6.45) is -3.73. The van der Waals surface area contributed by atoms with E-state index in [4.69, 9.17) is 5.73 Å². The summed E-state index contributed by atoms with van der Waals surface area (Å²) in [5, 5.41) is 0. The average molecular weight is 302 g/mol. The maximum absolute atomic E-state index is 12.5. The van der Waals surface area contributed by atoms with Gasteiger partial charge in [0.2, 0.25) is 0 Å². The summed E-state index contributed by atoms with van der Waals surface area (Å²) in [5.74, 6) is 0. The van der Waals surface area contributed by atoms with Crippen LogP contribution in [0, 0.1) is 0 Å². The summed E-state index contributed by atoms with van der Waals surface area (Å²) in [7, 11) is 0. The van der Waals surface area contributed by atoms with Gasteiger partial charge >= 0.3 is 6.18 Å². The Morgan fingerprint density at radius 1 is 1.05 bits per heavy atom. The number of halogens is 3. The molecule has 0 spiro atoms. The summed E-state index contributed by atoms with van der Waals surface area (Å²) in [5.41, 5.74) is 6.30. The molecule has 0 aliphatic carbocycles. The lowest BCUT2D eigenvalue weighted by Crippen LogP contribution is -2.56. The van der Waals surface area contributed by atoms with Gasteiger partial charge in [-0.15, -0.1) is 0 Å². The minimum Gasteiger partial charge on any atom is -0.326 e. The SMILES string of the molecule is CCN(CC)C(C)(C)C(N)Cc1ccc(C(F)(F)F)cc1. The van der Waals surface area contributed by atoms with Crippen LogP contribution < -0.4 is 5.73 Å². The molecule has 2 nitrogen and oxygen atoms in total. The fourth-order valence-corrected chi connectivity index (χ4v) is 2.61. The zero-order chi connectivity index (χ0) is 16.3. The van der Waals surface area contributed by atoms with Crippen molar-refractivity contribution in [3.63, 3.8) is 0 Å². The normalized spacial score (nSPS) is 14.5. The molecule has 0 saturated heterocycles. The Morgan fingerprint density at radius 3 is 1.90 bits per heavy atom. The molecule has 5 heteroatoms. The molecule has 1 rings (SSSR count). The first-order valence-electron chi connectivity index (χ1n) is 7.29. The lowest BCUT2D eigenvalue weighted by atomic mass is 9.88. The molecule has 21 heavy (non-hydrogen) atoms. The molecule has 0 aliphatic rings. The molecule has 0 heterocycles. The van der Waals surface area contributed by atoms with Gasteiger partial charge < -0.3 is 5.73 Å². The van der Waals surface area contributed by atoms with Gasteiger partial charge in [0.25, 0.3) is 0 Å². The summed E-state index contributed by atoms with van der Waals surface area (Å²) >= 11 is 0. The highest BCUT2D eigenvalue weighted by Gasteiger charge is 2.32. The Hall–Kier alpha value is -1.07. The molecule has 0 fully saturated rings. The number of benzene rings is 1. The van der Waals surface area contributed by atoms with Crippen molar-refractivity contribution in [2.75, 3.05) is 13.1 Å². The van der Waals surface area contributed by atoms with E-state index >= 15 is 0 Å². The molecule has 0 aliphatic heterocycles. The first-order valence-corrected chi connectivity index (χ1v) is 7.29. The van der Waals surface area contributed by atoms with Gasteiger partial charge in [0, 0.05) is 11.6 Å². The molecule has 0 bridgehead atoms. The monoisotopic (exact) mass is 302 g/mol. The van der Waals surface area contributed by atoms with Crippen LogP contribution in [0.5, 0.6) is 0 Å². The van der Waals surface area contributed by atoms with E-state index in [2.05, 4.69) is 32.6 Å². The van der Waals surface area contributed by atoms with Crippen molar-refractivity contribution >= 4 is 0 Å². The van der Waals surface area contributed by atoms with Crippen molar-refractivity contribution in [2.45, 2.75) is 51.9 Å². The van der Waals surface area contributed by atoms with E-state index in [0.717, 1.165) is 30.8 Å². The van der Waals surface area contributed by atoms with Crippen LogP contribution in [-0.4, -0.2) is 29.6 Å². The second-order valence-electron chi connectivity index (χ2n) is 5.83. The molecule has 120 valence electrons. The molecule has 1 atom stereocenters. The van der Waals surface area contributed by atoms with E-state index in [0.29, 0.717) is 6.42 Å². The third-order valence-corrected chi connectivity index (χ3v) is 4.22. The minimum absolute atomic E-state index is 0.144. The van der Waals surface area contributed by atoms with E-state index in [1.165, 1.54) is 12.1 Å². The Morgan fingerprint density at radius 2 is 1.52 bits per heavy atom. The van der Waals surface area contributed by atoms with Crippen LogP contribution in [0.4, 0.5) is 13.2 Å². The number of likely N-dealkylation sites (N-methyl/N-ethyl adjacent to an activating group) is 1. The maximum atomic E-state index is 12.5. The van der Waals surface area contributed by atoms with Gasteiger partial charge in [-0.25, -0.2) is 0 Å². The standard InChI is InChI=1S/C16H25F3N2/c1-5-21(6-2)15(3,4)14(20)11-12-7-9-13(10-8-12)16(17,18)19/h7-10,14H,5-6,11,20H2,1-4H3. The average Bonchev–Trinajstić information content (AvgIpc) is 2.39. The van der Waals surface area contributed by atoms with Crippen molar-refractivity contribution in [1.29, 1.82) is 0 Å². The zero-order valence-electron chi connectivity index (χ0n) is 13.2. The lowest BCUT2D eigenvalue weighted by molar-refractivity contribution is -0.137. The Kier molecular flexibility index (Phi) is 5.82. The molecule has 0 saturated carbocycles. The van der Waals surface area contributed by atoms with Crippen LogP contribution in [0.2, 0.25) is 0 Å². The van der Waals surface area contributed by atoms with Crippen molar-refractivity contribution in [3.8, 4) is 0 Å². The lowest BCUT2D eigenvalue weighted by Gasteiger charge is -2.42. The highest BCUT2D eigenvalue weighted by molar-refractivity contribution is 5.25. The van der Waals surface area contributed by atoms with Crippen LogP contribution in [-0.2, 0) is 12.6 Å². The molecule has 1 unspecified atom stereocenters. The molecular formula is C16H25F3N2. The summed E-state index contributed by atoms with van der Waals surface area (Å²) < 4.78 is 37.6. The second kappa shape index (κ2) is 6.79. The highest BCUT2D eigenvalue weighted by atomic mass is 19.4. The Labute approximate surface area is 125 Å². The highest BCUT2D eigenvalue weighted by Crippen LogP contribution is 2.29. The van der Waals surface area contributed by atoms with Gasteiger partial charge in [-0.3, -0.25) is 4.90 Å². The molecule has 1 aromatic rings. The second-order valence-corrected chi connectivity index (χ2v) is 5.83. The molecular weight excluding hydrogens is 277 g/mol. The summed E-state index contributed by atoms with van der Waals surface area (Å²) in [6.45, 7) is 10.1. The fourth-order valence-electron chi connectivity index (χ4n) is 2.61. The van der Waals surface area contributed by atoms with Crippen molar-refractivity contribution < 1.29 is 13.2 Å². The van der Waals surface area contributed by atoms with Gasteiger partial charge in [-0.1, -0.05) is 26.0 Å². The van der Waals surface area contributed by atoms with E-state index < -0.39 is 11.7 Å². The van der Waals surface area contributed by atoms with Gasteiger partial charge in [0.05, 0.1) is 5.56 Å². The van der Waals surface area contributed by atoms with Gasteiger partial charge in [0.1, 0.15) is 0 Å². The van der Waals surface area contributed by atoms with Crippen LogP contribution in [0.3, 0.4) is 0 Å². The quantitative estimate of drug-likeness (QED) is 0.868. The molecule has 0 aromatic heterocycles. The number of nitrogens with two attached hydrogens (primary N) is 1. The van der Waals surface area contributed by atoms with E-state index in [-0.39, 0.29) is 11.6 Å². The number of nitrogens with zero attached hydrogens (tertiary/aromatic N) is 1. The predicted molar refractivity (Wildman–Crippen MR) is 80.1 cm³/mol. The predicted octanol–water partition coefficient (Wildman–Crippen LogP) is 3.70. The van der Waals surface area contributed by atoms with E-state index in [9.17, 15) is 13.2 Å². The topological polar surface area (TPSA) is 29.3 Å². The van der Waals surface area contributed by atoms with Crippen molar-refractivity contribution in [1.82, 2.24) is 4.90 Å². The smallest absolute Gasteiger partial charge is 0.326 e.